The first kappa shape index (κ1) is 12.0. The van der Waals surface area contributed by atoms with Crippen LogP contribution in [0.25, 0.3) is 0 Å². The third kappa shape index (κ3) is 4.57. The van der Waals surface area contributed by atoms with E-state index in [1.54, 1.807) is 13.8 Å². The first-order chi connectivity index (χ1) is 5.99. The molecule has 0 aromatic carbocycles. The molecule has 0 bridgehead atoms. The van der Waals surface area contributed by atoms with Crippen LogP contribution in [-0.4, -0.2) is 29.3 Å². The van der Waals surface area contributed by atoms with E-state index in [9.17, 15) is 9.59 Å². The minimum atomic E-state index is -1.26. The van der Waals surface area contributed by atoms with Gasteiger partial charge in [0.15, 0.2) is 6.07 Å². The molecule has 0 aromatic heterocycles. The van der Waals surface area contributed by atoms with Gasteiger partial charge >= 0.3 is 12.1 Å². The quantitative estimate of drug-likeness (QED) is 0.536. The van der Waals surface area contributed by atoms with Crippen molar-refractivity contribution in [1.29, 1.82) is 0 Å². The fourth-order valence-electron chi connectivity index (χ4n) is 0.774. The van der Waals surface area contributed by atoms with Crippen LogP contribution in [0.5, 0.6) is 0 Å². The number of amides is 1. The minimum absolute atomic E-state index is 0.174. The van der Waals surface area contributed by atoms with Crippen LogP contribution in [0.15, 0.2) is 0 Å². The number of hydrogen-bond acceptors (Lipinski definition) is 3. The summed E-state index contributed by atoms with van der Waals surface area (Å²) in [6.07, 6.45) is -1.26. The standard InChI is InChI=1S/C7H12ClNO4/c1-4(2)5(9-7(11)12)6(10)13-3-8/h4-5,9H,3H2,1-2H3,(H,11,12). The maximum atomic E-state index is 11.1. The van der Waals surface area contributed by atoms with Gasteiger partial charge in [-0.15, -0.1) is 0 Å². The normalized spacial score (nSPS) is 12.3. The number of rotatable bonds is 4. The number of carbonyl (C=O) groups excluding carboxylic acids is 1. The molecule has 0 spiro atoms. The van der Waals surface area contributed by atoms with Crippen molar-refractivity contribution < 1.29 is 19.4 Å². The fourth-order valence-corrected chi connectivity index (χ4v) is 0.882. The maximum absolute atomic E-state index is 11.1. The Balaban J connectivity index is 4.24. The van der Waals surface area contributed by atoms with Crippen molar-refractivity contribution in [1.82, 2.24) is 5.32 Å². The van der Waals surface area contributed by atoms with Crippen LogP contribution < -0.4 is 5.32 Å². The van der Waals surface area contributed by atoms with E-state index in [1.165, 1.54) is 0 Å². The summed E-state index contributed by atoms with van der Waals surface area (Å²) in [4.78, 5) is 21.4. The Labute approximate surface area is 81.0 Å². The second-order valence-electron chi connectivity index (χ2n) is 2.74. The Morgan fingerprint density at radius 1 is 1.54 bits per heavy atom. The first-order valence-corrected chi connectivity index (χ1v) is 4.24. The second-order valence-corrected chi connectivity index (χ2v) is 2.96. The number of halogens is 1. The Morgan fingerprint density at radius 2 is 2.08 bits per heavy atom. The second kappa shape index (κ2) is 5.64. The summed E-state index contributed by atoms with van der Waals surface area (Å²) in [6, 6.07) is -1.14. The Hall–Kier alpha value is -0.970. The molecule has 0 saturated carbocycles. The first-order valence-electron chi connectivity index (χ1n) is 3.71. The van der Waals surface area contributed by atoms with Crippen molar-refractivity contribution in [3.8, 4) is 0 Å². The monoisotopic (exact) mass is 209 g/mol. The minimum Gasteiger partial charge on any atom is -0.465 e. The highest BCUT2D eigenvalue weighted by atomic mass is 35.5. The summed E-state index contributed by atoms with van der Waals surface area (Å²) in [5.74, 6) is -0.834. The summed E-state index contributed by atoms with van der Waals surface area (Å²) in [5.41, 5.74) is 0. The molecule has 1 atom stereocenters. The molecule has 2 N–H and O–H groups in total. The summed E-state index contributed by atoms with van der Waals surface area (Å²) >= 11 is 5.16. The molecule has 0 aliphatic carbocycles. The van der Waals surface area contributed by atoms with Gasteiger partial charge in [0.05, 0.1) is 0 Å². The zero-order valence-corrected chi connectivity index (χ0v) is 8.17. The highest BCUT2D eigenvalue weighted by Gasteiger charge is 2.25. The lowest BCUT2D eigenvalue weighted by Crippen LogP contribution is -2.44. The van der Waals surface area contributed by atoms with E-state index in [0.717, 1.165) is 0 Å². The van der Waals surface area contributed by atoms with E-state index in [1.807, 2.05) is 5.32 Å². The van der Waals surface area contributed by atoms with Crippen LogP contribution in [-0.2, 0) is 9.53 Å². The number of hydrogen-bond donors (Lipinski definition) is 2. The van der Waals surface area contributed by atoms with E-state index in [-0.39, 0.29) is 12.0 Å². The molecule has 0 rings (SSSR count). The Bertz CT molecular complexity index is 195. The maximum Gasteiger partial charge on any atom is 0.405 e. The number of esters is 1. The van der Waals surface area contributed by atoms with Crippen molar-refractivity contribution >= 4 is 23.7 Å². The molecule has 76 valence electrons. The number of carboxylic acid groups (broad SMARTS) is 1. The van der Waals surface area contributed by atoms with E-state index >= 15 is 0 Å². The van der Waals surface area contributed by atoms with E-state index in [0.29, 0.717) is 0 Å². The van der Waals surface area contributed by atoms with Crippen LogP contribution >= 0.6 is 11.6 Å². The van der Waals surface area contributed by atoms with Gasteiger partial charge in [0.25, 0.3) is 0 Å². The summed E-state index contributed by atoms with van der Waals surface area (Å²) < 4.78 is 4.47. The Kier molecular flexibility index (Phi) is 5.22. The third-order valence-corrected chi connectivity index (χ3v) is 1.51. The molecule has 0 fully saturated rings. The summed E-state index contributed by atoms with van der Waals surface area (Å²) in [7, 11) is 0. The van der Waals surface area contributed by atoms with Crippen molar-refractivity contribution in [3.05, 3.63) is 0 Å². The van der Waals surface area contributed by atoms with Crippen LogP contribution in [0.1, 0.15) is 13.8 Å². The average molecular weight is 210 g/mol. The molecule has 0 aliphatic rings. The van der Waals surface area contributed by atoms with Gasteiger partial charge in [-0.25, -0.2) is 9.59 Å². The molecule has 13 heavy (non-hydrogen) atoms. The number of nitrogens with one attached hydrogen (secondary N) is 1. The Morgan fingerprint density at radius 3 is 2.38 bits per heavy atom. The lowest BCUT2D eigenvalue weighted by Gasteiger charge is -2.17. The van der Waals surface area contributed by atoms with Gasteiger partial charge in [0.1, 0.15) is 6.04 Å². The van der Waals surface area contributed by atoms with Crippen LogP contribution in [0, 0.1) is 5.92 Å². The van der Waals surface area contributed by atoms with Gasteiger partial charge in [0, 0.05) is 0 Å². The molecule has 0 aromatic rings. The lowest BCUT2D eigenvalue weighted by atomic mass is 10.1. The number of carbonyl (C=O) groups is 2. The number of ether oxygens (including phenoxy) is 1. The zero-order chi connectivity index (χ0) is 10.4. The lowest BCUT2D eigenvalue weighted by molar-refractivity contribution is -0.145. The van der Waals surface area contributed by atoms with E-state index < -0.39 is 18.1 Å². The van der Waals surface area contributed by atoms with Crippen molar-refractivity contribution in [3.63, 3.8) is 0 Å². The average Bonchev–Trinajstić information content (AvgIpc) is 1.99. The molecular formula is C7H12ClNO4. The van der Waals surface area contributed by atoms with Crippen molar-refractivity contribution in [2.75, 3.05) is 6.07 Å². The van der Waals surface area contributed by atoms with Crippen molar-refractivity contribution in [2.45, 2.75) is 19.9 Å². The van der Waals surface area contributed by atoms with Crippen LogP contribution in [0.3, 0.4) is 0 Å². The van der Waals surface area contributed by atoms with Crippen molar-refractivity contribution in [2.24, 2.45) is 5.92 Å². The molecule has 1 unspecified atom stereocenters. The SMILES string of the molecule is CC(C)C(NC(=O)O)C(=O)OCCl. The molecule has 0 heterocycles. The predicted molar refractivity (Wildman–Crippen MR) is 46.6 cm³/mol. The third-order valence-electron chi connectivity index (χ3n) is 1.40. The van der Waals surface area contributed by atoms with Gasteiger partial charge < -0.3 is 15.2 Å². The summed E-state index contributed by atoms with van der Waals surface area (Å²) in [5, 5.41) is 10.4. The van der Waals surface area contributed by atoms with Gasteiger partial charge in [0.2, 0.25) is 0 Å². The van der Waals surface area contributed by atoms with Gasteiger partial charge in [-0.3, -0.25) is 0 Å². The molecule has 0 radical (unpaired) electrons. The zero-order valence-electron chi connectivity index (χ0n) is 7.41. The van der Waals surface area contributed by atoms with Crippen LogP contribution in [0.4, 0.5) is 4.79 Å². The van der Waals surface area contributed by atoms with Gasteiger partial charge in [-0.05, 0) is 5.92 Å². The van der Waals surface area contributed by atoms with E-state index in [2.05, 4.69) is 4.74 Å². The topological polar surface area (TPSA) is 75.6 Å². The van der Waals surface area contributed by atoms with Crippen LogP contribution in [0.2, 0.25) is 0 Å². The highest BCUT2D eigenvalue weighted by molar-refractivity contribution is 6.17. The number of alkyl halides is 1. The predicted octanol–water partition coefficient (Wildman–Crippen LogP) is 1.02. The molecule has 6 heteroatoms. The van der Waals surface area contributed by atoms with Gasteiger partial charge in [-0.2, -0.15) is 0 Å². The molecular weight excluding hydrogens is 198 g/mol. The van der Waals surface area contributed by atoms with E-state index in [4.69, 9.17) is 16.7 Å². The molecule has 0 saturated heterocycles. The fraction of sp³-hybridized carbons (Fsp3) is 0.714. The highest BCUT2D eigenvalue weighted by Crippen LogP contribution is 2.04. The largest absolute Gasteiger partial charge is 0.465 e. The summed E-state index contributed by atoms with van der Waals surface area (Å²) in [6.45, 7) is 3.41. The molecule has 5 nitrogen and oxygen atoms in total. The smallest absolute Gasteiger partial charge is 0.405 e. The molecule has 1 amide bonds. The molecule has 0 aliphatic heterocycles. The van der Waals surface area contributed by atoms with Gasteiger partial charge in [-0.1, -0.05) is 25.4 Å².